The Balaban J connectivity index is 6.44. The summed E-state index contributed by atoms with van der Waals surface area (Å²) < 4.78 is 10.9. The molecule has 0 atom stereocenters. The molecule has 0 aromatic rings. The van der Waals surface area contributed by atoms with Gasteiger partial charge >= 0.3 is 12.2 Å². The Kier molecular flexibility index (Phi) is 12.4. The van der Waals surface area contributed by atoms with Crippen molar-refractivity contribution >= 4 is 24.5 Å². The van der Waals surface area contributed by atoms with Crippen molar-refractivity contribution in [3.05, 3.63) is 24.0 Å². The molecule has 10 heteroatoms. The van der Waals surface area contributed by atoms with Crippen LogP contribution >= 0.6 is 0 Å². The Bertz CT molecular complexity index is 829. The van der Waals surface area contributed by atoms with Gasteiger partial charge in [0.1, 0.15) is 11.2 Å². The van der Waals surface area contributed by atoms with Gasteiger partial charge in [0.2, 0.25) is 5.96 Å². The first-order valence-corrected chi connectivity index (χ1v) is 11.3. The molecule has 0 spiro atoms. The molecular formula is C24H42N6O4. The highest BCUT2D eigenvalue weighted by Gasteiger charge is 2.30. The molecule has 0 radical (unpaired) electrons. The lowest BCUT2D eigenvalue weighted by Crippen LogP contribution is -2.48. The van der Waals surface area contributed by atoms with E-state index in [1.54, 1.807) is 54.8 Å². The summed E-state index contributed by atoms with van der Waals surface area (Å²) in [5.74, 6) is -0.0595. The number of guanidine groups is 1. The van der Waals surface area contributed by atoms with Crippen molar-refractivity contribution in [2.75, 3.05) is 13.6 Å². The van der Waals surface area contributed by atoms with E-state index < -0.39 is 23.4 Å². The molecule has 34 heavy (non-hydrogen) atoms. The van der Waals surface area contributed by atoms with Gasteiger partial charge < -0.3 is 14.4 Å². The number of amides is 2. The minimum absolute atomic E-state index is 0.0509. The molecule has 0 unspecified atom stereocenters. The molecule has 0 heterocycles. The fourth-order valence-corrected chi connectivity index (χ4v) is 2.04. The van der Waals surface area contributed by atoms with Gasteiger partial charge in [-0.3, -0.25) is 0 Å². The molecule has 0 aliphatic rings. The highest BCUT2D eigenvalue weighted by atomic mass is 16.6. The minimum atomic E-state index is -0.869. The summed E-state index contributed by atoms with van der Waals surface area (Å²) in [6.07, 6.45) is 2.36. The van der Waals surface area contributed by atoms with Gasteiger partial charge in [-0.1, -0.05) is 19.1 Å². The first-order chi connectivity index (χ1) is 15.4. The summed E-state index contributed by atoms with van der Waals surface area (Å²) in [7, 11) is 1.61. The van der Waals surface area contributed by atoms with E-state index in [2.05, 4.69) is 26.8 Å². The summed E-state index contributed by atoms with van der Waals surface area (Å²) >= 11 is 0. The van der Waals surface area contributed by atoms with Crippen LogP contribution in [-0.4, -0.2) is 65.1 Å². The number of allylic oxidation sites excluding steroid dienone is 1. The molecule has 10 nitrogen and oxygen atoms in total. The molecule has 0 N–H and O–H groups in total. The Labute approximate surface area is 204 Å². The van der Waals surface area contributed by atoms with Crippen LogP contribution in [0.1, 0.15) is 75.7 Å². The Morgan fingerprint density at radius 2 is 1.62 bits per heavy atom. The van der Waals surface area contributed by atoms with E-state index in [-0.39, 0.29) is 24.2 Å². The number of rotatable bonds is 7. The van der Waals surface area contributed by atoms with Crippen molar-refractivity contribution in [3.8, 4) is 0 Å². The molecule has 0 saturated heterocycles. The van der Waals surface area contributed by atoms with Crippen LogP contribution in [0.2, 0.25) is 0 Å². The summed E-state index contributed by atoms with van der Waals surface area (Å²) in [5.41, 5.74) is -0.225. The van der Waals surface area contributed by atoms with Crippen LogP contribution in [-0.2, 0) is 9.47 Å². The van der Waals surface area contributed by atoms with Crippen molar-refractivity contribution in [3.63, 3.8) is 0 Å². The van der Waals surface area contributed by atoms with Crippen molar-refractivity contribution in [1.82, 2.24) is 9.80 Å². The number of azo groups is 1. The third-order valence-corrected chi connectivity index (χ3v) is 3.62. The molecule has 0 bridgehead atoms. The maximum atomic E-state index is 13.1. The summed E-state index contributed by atoms with van der Waals surface area (Å²) in [6, 6.07) is -0.0509. The summed E-state index contributed by atoms with van der Waals surface area (Å²) in [5, 5.41) is 8.14. The monoisotopic (exact) mass is 478 g/mol. The van der Waals surface area contributed by atoms with Gasteiger partial charge in [-0.25, -0.2) is 19.5 Å². The molecule has 0 aliphatic carbocycles. The Morgan fingerprint density at radius 1 is 1.06 bits per heavy atom. The molecular weight excluding hydrogens is 436 g/mol. The van der Waals surface area contributed by atoms with Crippen molar-refractivity contribution < 1.29 is 19.1 Å². The van der Waals surface area contributed by atoms with E-state index in [1.165, 1.54) is 11.2 Å². The molecule has 0 fully saturated rings. The summed E-state index contributed by atoms with van der Waals surface area (Å²) in [4.78, 5) is 36.6. The maximum Gasteiger partial charge on any atom is 0.437 e. The first-order valence-electron chi connectivity index (χ1n) is 11.3. The second-order valence-electron chi connectivity index (χ2n) is 10.0. The zero-order valence-electron chi connectivity index (χ0n) is 22.7. The fraction of sp³-hybridized carbons (Fsp3) is 0.667. The van der Waals surface area contributed by atoms with Crippen LogP contribution in [0.4, 0.5) is 9.59 Å². The van der Waals surface area contributed by atoms with Gasteiger partial charge in [0, 0.05) is 13.2 Å². The van der Waals surface area contributed by atoms with E-state index in [0.29, 0.717) is 0 Å². The smallest absolute Gasteiger partial charge is 0.437 e. The highest BCUT2D eigenvalue weighted by molar-refractivity contribution is 6.03. The number of carbonyl (C=O) groups is 2. The number of carbonyl (C=O) groups excluding carboxylic acids is 2. The zero-order chi connectivity index (χ0) is 26.7. The molecule has 0 aromatic heterocycles. The van der Waals surface area contributed by atoms with Crippen molar-refractivity contribution in [1.29, 1.82) is 0 Å². The van der Waals surface area contributed by atoms with Crippen molar-refractivity contribution in [2.24, 2.45) is 20.2 Å². The van der Waals surface area contributed by atoms with Gasteiger partial charge in [-0.05, 0) is 68.7 Å². The third kappa shape index (κ3) is 14.2. The predicted octanol–water partition coefficient (Wildman–Crippen LogP) is 6.16. The van der Waals surface area contributed by atoms with Gasteiger partial charge in [-0.15, -0.1) is 4.99 Å². The van der Waals surface area contributed by atoms with Gasteiger partial charge in [0.25, 0.3) is 0 Å². The molecule has 0 aliphatic heterocycles. The summed E-state index contributed by atoms with van der Waals surface area (Å²) in [6.45, 7) is 21.9. The molecule has 0 saturated carbocycles. The molecule has 192 valence electrons. The van der Waals surface area contributed by atoms with E-state index in [1.807, 2.05) is 27.7 Å². The SMILES string of the molecule is C=C(CN(C(=O)OC(C)(C)C)/C(=N/C(=O)OC(C)(C)C)N(C)C=N/C=C(\C)CC)N=NC(C)C. The van der Waals surface area contributed by atoms with E-state index in [4.69, 9.17) is 9.47 Å². The number of aliphatic imine (C=N–C) groups is 2. The van der Waals surface area contributed by atoms with Crippen LogP contribution in [0.5, 0.6) is 0 Å². The maximum absolute atomic E-state index is 13.1. The van der Waals surface area contributed by atoms with Crippen LogP contribution < -0.4 is 0 Å². The Morgan fingerprint density at radius 3 is 2.09 bits per heavy atom. The lowest BCUT2D eigenvalue weighted by Gasteiger charge is -2.30. The number of hydrogen-bond donors (Lipinski definition) is 0. The van der Waals surface area contributed by atoms with E-state index in [9.17, 15) is 9.59 Å². The van der Waals surface area contributed by atoms with Gasteiger partial charge in [0.15, 0.2) is 0 Å². The number of nitrogens with zero attached hydrogens (tertiary/aromatic N) is 6. The fourth-order valence-electron chi connectivity index (χ4n) is 2.04. The van der Waals surface area contributed by atoms with Gasteiger partial charge in [0.05, 0.1) is 24.6 Å². The minimum Gasteiger partial charge on any atom is -0.443 e. The first kappa shape index (κ1) is 31.0. The molecule has 2 amide bonds. The lowest BCUT2D eigenvalue weighted by atomic mass is 10.2. The highest BCUT2D eigenvalue weighted by Crippen LogP contribution is 2.15. The van der Waals surface area contributed by atoms with E-state index >= 15 is 0 Å². The largest absolute Gasteiger partial charge is 0.443 e. The topological polar surface area (TPSA) is 109 Å². The number of ether oxygens (including phenoxy) is 2. The normalized spacial score (nSPS) is 13.5. The standard InChI is InChI=1S/C24H42N6O4/c1-13-18(4)14-25-16-29(12)20(26-21(31)33-23(6,7)8)30(22(32)34-24(9,10)11)15-19(5)28-27-17(2)3/h14,16-17H,5,13,15H2,1-4,6-12H3/b18-14+,25-16?,26-20+,28-27?. The van der Waals surface area contributed by atoms with E-state index in [0.717, 1.165) is 16.9 Å². The van der Waals surface area contributed by atoms with Crippen LogP contribution in [0.3, 0.4) is 0 Å². The second kappa shape index (κ2) is 13.6. The number of hydrogen-bond acceptors (Lipinski definition) is 7. The second-order valence-corrected chi connectivity index (χ2v) is 10.0. The average Bonchev–Trinajstić information content (AvgIpc) is 2.65. The quantitative estimate of drug-likeness (QED) is 0.247. The van der Waals surface area contributed by atoms with Gasteiger partial charge in [-0.2, -0.15) is 10.2 Å². The zero-order valence-corrected chi connectivity index (χ0v) is 22.7. The predicted molar refractivity (Wildman–Crippen MR) is 136 cm³/mol. The molecule has 0 aromatic carbocycles. The Hall–Kier alpha value is -3.04. The van der Waals surface area contributed by atoms with Crippen LogP contribution in [0.25, 0.3) is 0 Å². The average molecular weight is 479 g/mol. The molecule has 0 rings (SSSR count). The third-order valence-electron chi connectivity index (χ3n) is 3.62. The lowest BCUT2D eigenvalue weighted by molar-refractivity contribution is 0.0367. The van der Waals surface area contributed by atoms with Crippen molar-refractivity contribution in [2.45, 2.75) is 92.9 Å². The van der Waals surface area contributed by atoms with Crippen LogP contribution in [0, 0.1) is 0 Å². The van der Waals surface area contributed by atoms with Crippen LogP contribution in [0.15, 0.2) is 44.3 Å².